The Labute approximate surface area is 131 Å². The second-order valence-electron chi connectivity index (χ2n) is 4.59. The molecule has 2 N–H and O–H groups in total. The summed E-state index contributed by atoms with van der Waals surface area (Å²) in [4.78, 5) is 12.3. The molecule has 0 unspecified atom stereocenters. The molecule has 3 rings (SSSR count). The van der Waals surface area contributed by atoms with Crippen LogP contribution in [0.2, 0.25) is 0 Å². The van der Waals surface area contributed by atoms with Crippen LogP contribution in [-0.4, -0.2) is 32.4 Å². The lowest BCUT2D eigenvalue weighted by Crippen LogP contribution is -2.09. The molecule has 0 fully saturated rings. The average molecular weight is 308 g/mol. The van der Waals surface area contributed by atoms with Gasteiger partial charge in [-0.25, -0.2) is 4.79 Å². The third-order valence-corrected chi connectivity index (χ3v) is 3.21. The van der Waals surface area contributed by atoms with E-state index in [0.29, 0.717) is 11.3 Å². The van der Waals surface area contributed by atoms with Crippen molar-refractivity contribution in [3.8, 4) is 17.3 Å². The molecule has 23 heavy (non-hydrogen) atoms. The molecule has 2 aromatic heterocycles. The number of nitrogens with two attached hydrogens (primary N) is 1. The zero-order chi connectivity index (χ0) is 16.4. The summed E-state index contributed by atoms with van der Waals surface area (Å²) < 4.78 is 6.32. The van der Waals surface area contributed by atoms with E-state index in [0.717, 1.165) is 0 Å². The number of carbonyl (C=O) groups excluding carboxylic acids is 1. The van der Waals surface area contributed by atoms with Crippen molar-refractivity contribution in [1.29, 1.82) is 5.26 Å². The van der Waals surface area contributed by atoms with Crippen LogP contribution >= 0.6 is 0 Å². The standard InChI is InChI=1S/C15H12N6O2/c1-2-23-15(22)11-12(9-6-4-3-5-7-9)20-21-13(17)10(8-16)18-19-14(11)21/h3-7H,2,17H2,1H3. The molecule has 0 atom stereocenters. The number of nitrogens with zero attached hydrogens (tertiary/aromatic N) is 5. The molecule has 8 nitrogen and oxygen atoms in total. The Morgan fingerprint density at radius 3 is 2.74 bits per heavy atom. The maximum atomic E-state index is 12.3. The van der Waals surface area contributed by atoms with Crippen LogP contribution in [0.5, 0.6) is 0 Å². The quantitative estimate of drug-likeness (QED) is 0.726. The highest BCUT2D eigenvalue weighted by Gasteiger charge is 2.25. The normalized spacial score (nSPS) is 10.4. The Balaban J connectivity index is 2.34. The Bertz CT molecular complexity index is 927. The van der Waals surface area contributed by atoms with E-state index in [1.165, 1.54) is 4.52 Å². The molecule has 0 radical (unpaired) electrons. The molecule has 0 aliphatic heterocycles. The summed E-state index contributed by atoms with van der Waals surface area (Å²) >= 11 is 0. The Morgan fingerprint density at radius 2 is 2.09 bits per heavy atom. The molecule has 0 amide bonds. The highest BCUT2D eigenvalue weighted by atomic mass is 16.5. The van der Waals surface area contributed by atoms with Crippen molar-refractivity contribution in [2.75, 3.05) is 12.3 Å². The van der Waals surface area contributed by atoms with E-state index in [9.17, 15) is 4.79 Å². The van der Waals surface area contributed by atoms with E-state index in [2.05, 4.69) is 15.3 Å². The maximum Gasteiger partial charge on any atom is 0.344 e. The van der Waals surface area contributed by atoms with Crippen molar-refractivity contribution in [2.45, 2.75) is 6.92 Å². The van der Waals surface area contributed by atoms with Crippen LogP contribution in [0.1, 0.15) is 23.0 Å². The molecule has 0 bridgehead atoms. The molecule has 1 aromatic carbocycles. The van der Waals surface area contributed by atoms with Crippen molar-refractivity contribution in [2.24, 2.45) is 0 Å². The van der Waals surface area contributed by atoms with Crippen molar-refractivity contribution in [3.05, 3.63) is 41.6 Å². The molecule has 8 heteroatoms. The summed E-state index contributed by atoms with van der Waals surface area (Å²) in [6.07, 6.45) is 0. The number of anilines is 1. The molecule has 0 spiro atoms. The minimum Gasteiger partial charge on any atom is -0.462 e. The number of ether oxygens (including phenoxy) is 1. The summed E-state index contributed by atoms with van der Waals surface area (Å²) in [7, 11) is 0. The number of esters is 1. The number of aromatic nitrogens is 4. The minimum absolute atomic E-state index is 0.0187. The van der Waals surface area contributed by atoms with E-state index in [-0.39, 0.29) is 29.3 Å². The van der Waals surface area contributed by atoms with E-state index < -0.39 is 5.97 Å². The number of rotatable bonds is 3. The number of benzene rings is 1. The predicted octanol–water partition coefficient (Wildman–Crippen LogP) is 1.42. The zero-order valence-corrected chi connectivity index (χ0v) is 12.2. The Morgan fingerprint density at radius 1 is 1.35 bits per heavy atom. The van der Waals surface area contributed by atoms with E-state index in [1.807, 2.05) is 24.3 Å². The van der Waals surface area contributed by atoms with Crippen LogP contribution in [0.3, 0.4) is 0 Å². The third-order valence-electron chi connectivity index (χ3n) is 3.21. The van der Waals surface area contributed by atoms with Crippen molar-refractivity contribution in [1.82, 2.24) is 19.8 Å². The van der Waals surface area contributed by atoms with Gasteiger partial charge in [0.15, 0.2) is 11.5 Å². The number of nitrogen functional groups attached to an aromatic ring is 1. The average Bonchev–Trinajstić information content (AvgIpc) is 2.97. The SMILES string of the molecule is CCOC(=O)c1c(-c2ccccc2)nn2c(N)c(C#N)nnc12. The number of carbonyl (C=O) groups is 1. The number of nitriles is 1. The van der Waals surface area contributed by atoms with Gasteiger partial charge in [-0.05, 0) is 6.92 Å². The number of hydrogen-bond acceptors (Lipinski definition) is 7. The Hall–Kier alpha value is -3.47. The number of fused-ring (bicyclic) bond motifs is 1. The highest BCUT2D eigenvalue weighted by Crippen LogP contribution is 2.27. The summed E-state index contributed by atoms with van der Waals surface area (Å²) in [6.45, 7) is 1.92. The molecule has 0 saturated carbocycles. The molecule has 0 aliphatic carbocycles. The molecule has 3 aromatic rings. The fourth-order valence-electron chi connectivity index (χ4n) is 2.19. The first-order valence-electron chi connectivity index (χ1n) is 6.85. The highest BCUT2D eigenvalue weighted by molar-refractivity contribution is 6.02. The van der Waals surface area contributed by atoms with Gasteiger partial charge in [-0.2, -0.15) is 14.9 Å². The van der Waals surface area contributed by atoms with Gasteiger partial charge in [-0.1, -0.05) is 30.3 Å². The van der Waals surface area contributed by atoms with Crippen LogP contribution in [0.4, 0.5) is 5.82 Å². The van der Waals surface area contributed by atoms with Gasteiger partial charge in [-0.15, -0.1) is 10.2 Å². The summed E-state index contributed by atoms with van der Waals surface area (Å²) in [5.74, 6) is -0.551. The largest absolute Gasteiger partial charge is 0.462 e. The fraction of sp³-hybridized carbons (Fsp3) is 0.133. The fourth-order valence-corrected chi connectivity index (χ4v) is 2.19. The van der Waals surface area contributed by atoms with E-state index >= 15 is 0 Å². The lowest BCUT2D eigenvalue weighted by molar-refractivity contribution is 0.0529. The lowest BCUT2D eigenvalue weighted by atomic mass is 10.1. The second kappa shape index (κ2) is 5.73. The van der Waals surface area contributed by atoms with Gasteiger partial charge in [0, 0.05) is 5.56 Å². The van der Waals surface area contributed by atoms with Crippen LogP contribution in [0.25, 0.3) is 16.9 Å². The van der Waals surface area contributed by atoms with Crippen LogP contribution in [0, 0.1) is 11.3 Å². The van der Waals surface area contributed by atoms with Crippen LogP contribution in [-0.2, 0) is 4.74 Å². The Kier molecular flexibility index (Phi) is 3.60. The van der Waals surface area contributed by atoms with Gasteiger partial charge < -0.3 is 10.5 Å². The first-order valence-corrected chi connectivity index (χ1v) is 6.85. The third kappa shape index (κ3) is 2.34. The topological polar surface area (TPSA) is 119 Å². The monoisotopic (exact) mass is 308 g/mol. The van der Waals surface area contributed by atoms with E-state index in [1.54, 1.807) is 19.1 Å². The van der Waals surface area contributed by atoms with Gasteiger partial charge in [-0.3, -0.25) is 0 Å². The van der Waals surface area contributed by atoms with Crippen LogP contribution < -0.4 is 5.73 Å². The lowest BCUT2D eigenvalue weighted by Gasteiger charge is -2.02. The molecule has 2 heterocycles. The van der Waals surface area contributed by atoms with Gasteiger partial charge in [0.25, 0.3) is 0 Å². The first-order chi connectivity index (χ1) is 11.2. The smallest absolute Gasteiger partial charge is 0.344 e. The zero-order valence-electron chi connectivity index (χ0n) is 12.2. The molecular formula is C15H12N6O2. The molecular weight excluding hydrogens is 296 g/mol. The molecule has 0 saturated heterocycles. The predicted molar refractivity (Wildman–Crippen MR) is 81.3 cm³/mol. The van der Waals surface area contributed by atoms with Crippen molar-refractivity contribution >= 4 is 17.4 Å². The molecule has 0 aliphatic rings. The van der Waals surface area contributed by atoms with E-state index in [4.69, 9.17) is 15.7 Å². The first kappa shape index (κ1) is 14.5. The summed E-state index contributed by atoms with van der Waals surface area (Å²) in [5.41, 5.74) is 7.23. The van der Waals surface area contributed by atoms with Gasteiger partial charge in [0.05, 0.1) is 6.61 Å². The minimum atomic E-state index is -0.570. The van der Waals surface area contributed by atoms with Crippen molar-refractivity contribution < 1.29 is 9.53 Å². The number of hydrogen-bond donors (Lipinski definition) is 1. The summed E-state index contributed by atoms with van der Waals surface area (Å²) in [6, 6.07) is 10.9. The van der Waals surface area contributed by atoms with Gasteiger partial charge >= 0.3 is 5.97 Å². The second-order valence-corrected chi connectivity index (χ2v) is 4.59. The maximum absolute atomic E-state index is 12.3. The van der Waals surface area contributed by atoms with Crippen LogP contribution in [0.15, 0.2) is 30.3 Å². The summed E-state index contributed by atoms with van der Waals surface area (Å²) in [5, 5.41) is 21.0. The van der Waals surface area contributed by atoms with Crippen molar-refractivity contribution in [3.63, 3.8) is 0 Å². The van der Waals surface area contributed by atoms with Gasteiger partial charge in [0.1, 0.15) is 17.3 Å². The van der Waals surface area contributed by atoms with Gasteiger partial charge in [0.2, 0.25) is 5.69 Å². The molecule has 114 valence electrons.